The third-order valence-electron chi connectivity index (χ3n) is 5.74. The van der Waals surface area contributed by atoms with Crippen LogP contribution in [0.25, 0.3) is 16.6 Å². The van der Waals surface area contributed by atoms with Crippen LogP contribution in [-0.4, -0.2) is 45.3 Å². The van der Waals surface area contributed by atoms with Gasteiger partial charge < -0.3 is 14.8 Å². The van der Waals surface area contributed by atoms with Crippen molar-refractivity contribution in [1.82, 2.24) is 19.9 Å². The van der Waals surface area contributed by atoms with Crippen LogP contribution in [0.3, 0.4) is 0 Å². The summed E-state index contributed by atoms with van der Waals surface area (Å²) in [4.78, 5) is 17.6. The number of aromatic nitrogens is 4. The van der Waals surface area contributed by atoms with E-state index in [2.05, 4.69) is 43.5 Å². The summed E-state index contributed by atoms with van der Waals surface area (Å²) in [7, 11) is 0. The highest BCUT2D eigenvalue weighted by atomic mass is 16.5. The van der Waals surface area contributed by atoms with E-state index in [4.69, 9.17) is 9.47 Å². The summed E-state index contributed by atoms with van der Waals surface area (Å²) in [6.45, 7) is 1.41. The molecule has 0 unspecified atom stereocenters. The molecule has 3 heterocycles. The van der Waals surface area contributed by atoms with Crippen LogP contribution in [0.4, 0.5) is 5.95 Å². The highest BCUT2D eigenvalue weighted by Gasteiger charge is 2.24. The number of ether oxygens (including phenoxy) is 2. The van der Waals surface area contributed by atoms with E-state index < -0.39 is 0 Å². The van der Waals surface area contributed by atoms with Crippen LogP contribution >= 0.6 is 0 Å². The summed E-state index contributed by atoms with van der Waals surface area (Å²) in [6, 6.07) is 6.43. The highest BCUT2D eigenvalue weighted by Crippen LogP contribution is 2.33. The van der Waals surface area contributed by atoms with Crippen molar-refractivity contribution in [2.24, 2.45) is 0 Å². The van der Waals surface area contributed by atoms with E-state index in [-0.39, 0.29) is 6.10 Å². The van der Waals surface area contributed by atoms with E-state index >= 15 is 0 Å². The van der Waals surface area contributed by atoms with Crippen molar-refractivity contribution in [3.05, 3.63) is 54.6 Å². The van der Waals surface area contributed by atoms with Crippen molar-refractivity contribution < 1.29 is 9.47 Å². The number of hydrogen-bond acceptors (Lipinski definition) is 7. The second kappa shape index (κ2) is 8.75. The minimum atomic E-state index is 0.170. The lowest BCUT2D eigenvalue weighted by molar-refractivity contribution is 0.151. The molecule has 7 nitrogen and oxygen atoms in total. The zero-order chi connectivity index (χ0) is 20.2. The molecule has 0 atom stereocenters. The Labute approximate surface area is 175 Å². The number of nitrogens with one attached hydrogen (secondary N) is 1. The fourth-order valence-corrected chi connectivity index (χ4v) is 4.17. The summed E-state index contributed by atoms with van der Waals surface area (Å²) < 4.78 is 11.9. The summed E-state index contributed by atoms with van der Waals surface area (Å²) in [5.74, 6) is 1.52. The molecule has 30 heavy (non-hydrogen) atoms. The molecule has 1 saturated carbocycles. The van der Waals surface area contributed by atoms with Crippen LogP contribution < -0.4 is 10.1 Å². The summed E-state index contributed by atoms with van der Waals surface area (Å²) in [5, 5.41) is 3.43. The average molecular weight is 403 g/mol. The van der Waals surface area contributed by atoms with E-state index in [0.29, 0.717) is 18.6 Å². The summed E-state index contributed by atoms with van der Waals surface area (Å²) in [5.41, 5.74) is 4.13. The Hall–Kier alpha value is -3.06. The number of benzene rings is 1. The molecule has 1 fully saturated rings. The molecule has 5 rings (SSSR count). The lowest BCUT2D eigenvalue weighted by Crippen LogP contribution is -2.31. The summed E-state index contributed by atoms with van der Waals surface area (Å²) >= 11 is 0. The molecular weight excluding hydrogens is 378 g/mol. The molecule has 0 radical (unpaired) electrons. The normalized spacial score (nSPS) is 21.8. The SMILES string of the molecule is C1=C(c2cc(OC3CCC(Nc4ncccn4)CC3)c3nccnc3c2)CCOC1. The van der Waals surface area contributed by atoms with Crippen molar-refractivity contribution >= 4 is 22.6 Å². The van der Waals surface area contributed by atoms with Crippen LogP contribution in [0.1, 0.15) is 37.7 Å². The lowest BCUT2D eigenvalue weighted by Gasteiger charge is -2.29. The predicted molar refractivity (Wildman–Crippen MR) is 115 cm³/mol. The van der Waals surface area contributed by atoms with Gasteiger partial charge in [0.05, 0.1) is 24.8 Å². The maximum atomic E-state index is 6.48. The van der Waals surface area contributed by atoms with Gasteiger partial charge in [-0.3, -0.25) is 4.98 Å². The highest BCUT2D eigenvalue weighted by molar-refractivity contribution is 5.85. The Morgan fingerprint density at radius 1 is 0.933 bits per heavy atom. The summed E-state index contributed by atoms with van der Waals surface area (Å²) in [6.07, 6.45) is 14.2. The largest absolute Gasteiger partial charge is 0.488 e. The fourth-order valence-electron chi connectivity index (χ4n) is 4.17. The Bertz CT molecular complexity index is 1030. The van der Waals surface area contributed by atoms with Gasteiger partial charge in [-0.05, 0) is 61.4 Å². The standard InChI is InChI=1S/C23H25N5O2/c1-8-26-23(27-9-1)28-18-2-4-19(5-3-18)30-21-15-17(16-6-12-29-13-7-16)14-20-22(21)25-11-10-24-20/h1,6,8-11,14-15,18-19H,2-5,7,12-13H2,(H,26,27,28). The molecule has 1 aliphatic carbocycles. The van der Waals surface area contributed by atoms with Gasteiger partial charge in [0.25, 0.3) is 0 Å². The van der Waals surface area contributed by atoms with Gasteiger partial charge in [0.1, 0.15) is 11.3 Å². The van der Waals surface area contributed by atoms with Crippen LogP contribution in [0.15, 0.2) is 49.1 Å². The molecule has 0 amide bonds. The van der Waals surface area contributed by atoms with Gasteiger partial charge in [-0.25, -0.2) is 15.0 Å². The van der Waals surface area contributed by atoms with Gasteiger partial charge in [0.15, 0.2) is 0 Å². The van der Waals surface area contributed by atoms with Gasteiger partial charge in [0.2, 0.25) is 5.95 Å². The lowest BCUT2D eigenvalue weighted by atomic mass is 9.93. The van der Waals surface area contributed by atoms with Gasteiger partial charge in [-0.15, -0.1) is 0 Å². The molecule has 7 heteroatoms. The molecule has 1 aromatic carbocycles. The van der Waals surface area contributed by atoms with Gasteiger partial charge in [-0.2, -0.15) is 0 Å². The quantitative estimate of drug-likeness (QED) is 0.689. The molecule has 2 aliphatic rings. The van der Waals surface area contributed by atoms with Crippen LogP contribution in [0, 0.1) is 0 Å². The Morgan fingerprint density at radius 2 is 1.77 bits per heavy atom. The van der Waals surface area contributed by atoms with Crippen molar-refractivity contribution in [3.63, 3.8) is 0 Å². The zero-order valence-electron chi connectivity index (χ0n) is 16.8. The minimum absolute atomic E-state index is 0.170. The molecule has 0 bridgehead atoms. The first-order chi connectivity index (χ1) is 14.8. The third kappa shape index (κ3) is 4.26. The number of anilines is 1. The maximum Gasteiger partial charge on any atom is 0.222 e. The smallest absolute Gasteiger partial charge is 0.222 e. The van der Waals surface area contributed by atoms with E-state index in [9.17, 15) is 0 Å². The van der Waals surface area contributed by atoms with Crippen molar-refractivity contribution in [3.8, 4) is 5.75 Å². The Kier molecular flexibility index (Phi) is 5.52. The van der Waals surface area contributed by atoms with Gasteiger partial charge in [0, 0.05) is 30.8 Å². The Balaban J connectivity index is 1.31. The van der Waals surface area contributed by atoms with Crippen LogP contribution in [0.5, 0.6) is 5.75 Å². The van der Waals surface area contributed by atoms with E-state index in [1.54, 1.807) is 24.8 Å². The molecule has 154 valence electrons. The molecule has 0 saturated heterocycles. The molecule has 3 aromatic rings. The molecular formula is C23H25N5O2. The van der Waals surface area contributed by atoms with Crippen LogP contribution in [0.2, 0.25) is 0 Å². The number of rotatable bonds is 5. The maximum absolute atomic E-state index is 6.48. The first kappa shape index (κ1) is 18.9. The van der Waals surface area contributed by atoms with Crippen molar-refractivity contribution in [2.75, 3.05) is 18.5 Å². The molecule has 1 aliphatic heterocycles. The van der Waals surface area contributed by atoms with E-state index in [1.807, 2.05) is 6.07 Å². The fraction of sp³-hybridized carbons (Fsp3) is 0.391. The number of hydrogen-bond donors (Lipinski definition) is 1. The molecule has 1 N–H and O–H groups in total. The predicted octanol–water partition coefficient (Wildman–Crippen LogP) is 4.03. The Morgan fingerprint density at radius 3 is 2.57 bits per heavy atom. The zero-order valence-corrected chi connectivity index (χ0v) is 16.8. The third-order valence-corrected chi connectivity index (χ3v) is 5.74. The van der Waals surface area contributed by atoms with Gasteiger partial charge in [-0.1, -0.05) is 6.08 Å². The minimum Gasteiger partial charge on any atom is -0.488 e. The second-order valence-corrected chi connectivity index (χ2v) is 7.76. The first-order valence-electron chi connectivity index (χ1n) is 10.6. The van der Waals surface area contributed by atoms with Gasteiger partial charge >= 0.3 is 0 Å². The number of fused-ring (bicyclic) bond motifs is 1. The van der Waals surface area contributed by atoms with Crippen molar-refractivity contribution in [1.29, 1.82) is 0 Å². The number of nitrogens with zero attached hydrogens (tertiary/aromatic N) is 4. The monoisotopic (exact) mass is 403 g/mol. The molecule has 2 aromatic heterocycles. The van der Waals surface area contributed by atoms with Crippen LogP contribution in [-0.2, 0) is 4.74 Å². The average Bonchev–Trinajstić information content (AvgIpc) is 2.81. The van der Waals surface area contributed by atoms with E-state index in [0.717, 1.165) is 61.1 Å². The van der Waals surface area contributed by atoms with E-state index in [1.165, 1.54) is 5.57 Å². The second-order valence-electron chi connectivity index (χ2n) is 7.76. The van der Waals surface area contributed by atoms with Crippen molar-refractivity contribution in [2.45, 2.75) is 44.2 Å². The first-order valence-corrected chi connectivity index (χ1v) is 10.6. The topological polar surface area (TPSA) is 82.0 Å². The molecule has 0 spiro atoms.